The second-order valence-corrected chi connectivity index (χ2v) is 7.91. The van der Waals surface area contributed by atoms with Crippen LogP contribution in [0.2, 0.25) is 0 Å². The van der Waals surface area contributed by atoms with Crippen molar-refractivity contribution in [3.05, 3.63) is 63.8 Å². The fourth-order valence-corrected chi connectivity index (χ4v) is 4.88. The molecule has 0 aliphatic carbocycles. The average Bonchev–Trinajstić information content (AvgIpc) is 3.29. The first-order valence-corrected chi connectivity index (χ1v) is 9.55. The van der Waals surface area contributed by atoms with Crippen LogP contribution < -0.4 is 5.73 Å². The molecule has 5 heteroatoms. The zero-order chi connectivity index (χ0) is 15.6. The van der Waals surface area contributed by atoms with Gasteiger partial charge < -0.3 is 5.73 Å². The Balaban J connectivity index is 1.44. The monoisotopic (exact) mass is 341 g/mol. The van der Waals surface area contributed by atoms with Crippen LogP contribution in [0, 0.1) is 0 Å². The minimum Gasteiger partial charge on any atom is -0.326 e. The molecule has 3 heterocycles. The maximum absolute atomic E-state index is 6.38. The Kier molecular flexibility index (Phi) is 4.27. The summed E-state index contributed by atoms with van der Waals surface area (Å²) in [6.45, 7) is 2.92. The van der Waals surface area contributed by atoms with Gasteiger partial charge in [0, 0.05) is 53.6 Å². The van der Waals surface area contributed by atoms with Gasteiger partial charge in [-0.15, -0.1) is 11.3 Å². The molecule has 0 amide bonds. The van der Waals surface area contributed by atoms with Crippen LogP contribution in [0.3, 0.4) is 0 Å². The van der Waals surface area contributed by atoms with Gasteiger partial charge in [-0.05, 0) is 17.0 Å². The topological polar surface area (TPSA) is 42.1 Å². The van der Waals surface area contributed by atoms with Gasteiger partial charge in [0.05, 0.1) is 0 Å². The minimum atomic E-state index is 0.210. The largest absolute Gasteiger partial charge is 0.326 e. The molecule has 2 N–H and O–H groups in total. The molecular formula is C18H19N3S2. The highest BCUT2D eigenvalue weighted by Crippen LogP contribution is 2.31. The third-order valence-electron chi connectivity index (χ3n) is 4.37. The van der Waals surface area contributed by atoms with E-state index in [1.54, 1.807) is 22.7 Å². The summed E-state index contributed by atoms with van der Waals surface area (Å²) in [5, 5.41) is 5.37. The predicted molar refractivity (Wildman–Crippen MR) is 97.9 cm³/mol. The molecule has 2 aromatic heterocycles. The maximum atomic E-state index is 6.38. The molecule has 3 nitrogen and oxygen atoms in total. The van der Waals surface area contributed by atoms with Crippen LogP contribution in [0.1, 0.15) is 16.4 Å². The number of nitrogens with two attached hydrogens (primary N) is 1. The van der Waals surface area contributed by atoms with E-state index in [-0.39, 0.29) is 6.04 Å². The summed E-state index contributed by atoms with van der Waals surface area (Å²) in [6.07, 6.45) is 2.01. The maximum Gasteiger partial charge on any atom is 0.124 e. The Morgan fingerprint density at radius 3 is 2.83 bits per heavy atom. The van der Waals surface area contributed by atoms with E-state index in [9.17, 15) is 0 Å². The number of benzene rings is 1. The van der Waals surface area contributed by atoms with E-state index in [1.165, 1.54) is 16.0 Å². The van der Waals surface area contributed by atoms with E-state index in [2.05, 4.69) is 57.0 Å². The Morgan fingerprint density at radius 1 is 1.17 bits per heavy atom. The van der Waals surface area contributed by atoms with Crippen molar-refractivity contribution in [1.29, 1.82) is 0 Å². The van der Waals surface area contributed by atoms with Crippen molar-refractivity contribution in [1.82, 2.24) is 9.88 Å². The van der Waals surface area contributed by atoms with Crippen LogP contribution in [0.25, 0.3) is 10.6 Å². The van der Waals surface area contributed by atoms with Crippen molar-refractivity contribution in [2.24, 2.45) is 5.73 Å². The molecule has 1 aliphatic heterocycles. The number of rotatable bonds is 4. The molecule has 1 aliphatic rings. The van der Waals surface area contributed by atoms with Crippen LogP contribution in [0.5, 0.6) is 0 Å². The fourth-order valence-electron chi connectivity index (χ4n) is 3.22. The molecule has 0 radical (unpaired) electrons. The zero-order valence-electron chi connectivity index (χ0n) is 12.8. The van der Waals surface area contributed by atoms with E-state index in [1.807, 2.05) is 6.20 Å². The molecule has 4 rings (SSSR count). The van der Waals surface area contributed by atoms with Gasteiger partial charge in [-0.2, -0.15) is 11.3 Å². The van der Waals surface area contributed by atoms with Gasteiger partial charge >= 0.3 is 0 Å². The van der Waals surface area contributed by atoms with Gasteiger partial charge in [0.15, 0.2) is 0 Å². The lowest BCUT2D eigenvalue weighted by Gasteiger charge is -2.15. The summed E-state index contributed by atoms with van der Waals surface area (Å²) in [7, 11) is 0. The van der Waals surface area contributed by atoms with Crippen LogP contribution in [0.15, 0.2) is 53.4 Å². The number of aromatic nitrogens is 1. The summed E-state index contributed by atoms with van der Waals surface area (Å²) >= 11 is 3.50. The molecule has 0 spiro atoms. The van der Waals surface area contributed by atoms with Gasteiger partial charge in [0.1, 0.15) is 5.01 Å². The number of nitrogens with zero attached hydrogens (tertiary/aromatic N) is 2. The lowest BCUT2D eigenvalue weighted by Crippen LogP contribution is -2.28. The predicted octanol–water partition coefficient (Wildman–Crippen LogP) is 3.80. The van der Waals surface area contributed by atoms with Crippen molar-refractivity contribution < 1.29 is 0 Å². The van der Waals surface area contributed by atoms with Gasteiger partial charge in [0.2, 0.25) is 0 Å². The summed E-state index contributed by atoms with van der Waals surface area (Å²) < 4.78 is 0. The Labute approximate surface area is 144 Å². The van der Waals surface area contributed by atoms with E-state index >= 15 is 0 Å². The second kappa shape index (κ2) is 6.53. The summed E-state index contributed by atoms with van der Waals surface area (Å²) in [4.78, 5) is 8.33. The minimum absolute atomic E-state index is 0.210. The molecule has 118 valence electrons. The summed E-state index contributed by atoms with van der Waals surface area (Å²) in [5.41, 5.74) is 8.97. The molecule has 2 atom stereocenters. The van der Waals surface area contributed by atoms with Crippen LogP contribution in [0.4, 0.5) is 0 Å². The second-order valence-electron chi connectivity index (χ2n) is 6.02. The third kappa shape index (κ3) is 3.23. The SMILES string of the molecule is N[C@@H]1CN(Cc2cnc(-c3ccsc3)s2)C[C@H]1c1ccccc1. The molecule has 0 unspecified atom stereocenters. The first kappa shape index (κ1) is 15.0. The molecule has 1 saturated heterocycles. The normalized spacial score (nSPS) is 21.8. The molecule has 1 fully saturated rings. The molecule has 1 aromatic carbocycles. The van der Waals surface area contributed by atoms with Crippen LogP contribution in [-0.4, -0.2) is 29.0 Å². The standard InChI is InChI=1S/C18H19N3S2/c19-17-11-21(10-16(17)13-4-2-1-3-5-13)9-15-8-20-18(23-15)14-6-7-22-12-14/h1-8,12,16-17H,9-11,19H2/t16-,17+/m0/s1. The lowest BCUT2D eigenvalue weighted by molar-refractivity contribution is 0.326. The quantitative estimate of drug-likeness (QED) is 0.785. The van der Waals surface area contributed by atoms with Gasteiger partial charge in [-0.3, -0.25) is 4.90 Å². The van der Waals surface area contributed by atoms with Crippen LogP contribution >= 0.6 is 22.7 Å². The van der Waals surface area contributed by atoms with Crippen LogP contribution in [-0.2, 0) is 6.54 Å². The van der Waals surface area contributed by atoms with E-state index in [0.717, 1.165) is 24.6 Å². The number of hydrogen-bond donors (Lipinski definition) is 1. The Bertz CT molecular complexity index is 752. The van der Waals surface area contributed by atoms with E-state index in [4.69, 9.17) is 5.73 Å². The smallest absolute Gasteiger partial charge is 0.124 e. The zero-order valence-corrected chi connectivity index (χ0v) is 14.4. The first-order chi connectivity index (χ1) is 11.3. The highest BCUT2D eigenvalue weighted by atomic mass is 32.1. The van der Waals surface area contributed by atoms with Crippen molar-refractivity contribution >= 4 is 22.7 Å². The van der Waals surface area contributed by atoms with E-state index in [0.29, 0.717) is 5.92 Å². The lowest BCUT2D eigenvalue weighted by atomic mass is 9.95. The number of hydrogen-bond acceptors (Lipinski definition) is 5. The number of likely N-dealkylation sites (tertiary alicyclic amines) is 1. The summed E-state index contributed by atoms with van der Waals surface area (Å²) in [5.74, 6) is 0.431. The van der Waals surface area contributed by atoms with Gasteiger partial charge in [-0.1, -0.05) is 30.3 Å². The van der Waals surface area contributed by atoms with Gasteiger partial charge in [-0.25, -0.2) is 4.98 Å². The first-order valence-electron chi connectivity index (χ1n) is 7.80. The third-order valence-corrected chi connectivity index (χ3v) is 6.08. The highest BCUT2D eigenvalue weighted by molar-refractivity contribution is 7.15. The van der Waals surface area contributed by atoms with E-state index < -0.39 is 0 Å². The number of thiophene rings is 1. The molecular weight excluding hydrogens is 322 g/mol. The summed E-state index contributed by atoms with van der Waals surface area (Å²) in [6, 6.07) is 13.0. The molecule has 3 aromatic rings. The van der Waals surface area contributed by atoms with Crippen molar-refractivity contribution in [3.8, 4) is 10.6 Å². The van der Waals surface area contributed by atoms with Gasteiger partial charge in [0.25, 0.3) is 0 Å². The molecule has 0 bridgehead atoms. The fraction of sp³-hybridized carbons (Fsp3) is 0.278. The Hall–Kier alpha value is -1.53. The highest BCUT2D eigenvalue weighted by Gasteiger charge is 2.31. The number of thiazole rings is 1. The van der Waals surface area contributed by atoms with Crippen molar-refractivity contribution in [2.45, 2.75) is 18.5 Å². The van der Waals surface area contributed by atoms with Crippen molar-refractivity contribution in [2.75, 3.05) is 13.1 Å². The average molecular weight is 342 g/mol. The molecule has 23 heavy (non-hydrogen) atoms. The molecule has 0 saturated carbocycles. The Morgan fingerprint density at radius 2 is 2.04 bits per heavy atom. The van der Waals surface area contributed by atoms with Crippen molar-refractivity contribution in [3.63, 3.8) is 0 Å².